The maximum atomic E-state index is 3.54. The van der Waals surface area contributed by atoms with Crippen LogP contribution in [0.3, 0.4) is 0 Å². The van der Waals surface area contributed by atoms with E-state index in [9.17, 15) is 0 Å². The van der Waals surface area contributed by atoms with Crippen LogP contribution in [0.25, 0.3) is 5.57 Å². The molecule has 0 atom stereocenters. The van der Waals surface area contributed by atoms with Gasteiger partial charge in [0.15, 0.2) is 0 Å². The van der Waals surface area contributed by atoms with Crippen LogP contribution in [0.5, 0.6) is 0 Å². The van der Waals surface area contributed by atoms with Gasteiger partial charge in [-0.3, -0.25) is 0 Å². The Morgan fingerprint density at radius 2 is 1.93 bits per heavy atom. The molecule has 0 spiro atoms. The lowest BCUT2D eigenvalue weighted by molar-refractivity contribution is 0.823. The number of allylic oxidation sites excluding steroid dienone is 2. The molecule has 0 fully saturated rings. The fraction of sp³-hybridized carbons (Fsp3) is 0.385. The average molecular weight is 251 g/mol. The molecule has 0 saturated carbocycles. The van der Waals surface area contributed by atoms with Gasteiger partial charge in [0.2, 0.25) is 0 Å². The Hall–Kier alpha value is -0.560. The van der Waals surface area contributed by atoms with Crippen molar-refractivity contribution >= 4 is 21.5 Å². The zero-order valence-electron chi connectivity index (χ0n) is 8.73. The Balaban J connectivity index is 2.59. The van der Waals surface area contributed by atoms with Crippen LogP contribution in [0.4, 0.5) is 0 Å². The van der Waals surface area contributed by atoms with Crippen LogP contribution in [-0.4, -0.2) is 0 Å². The molecule has 1 aromatic rings. The molecule has 0 aromatic heterocycles. The van der Waals surface area contributed by atoms with Crippen molar-refractivity contribution in [3.05, 3.63) is 39.4 Å². The van der Waals surface area contributed by atoms with E-state index in [1.54, 1.807) is 5.57 Å². The molecular formula is C13H15Br. The van der Waals surface area contributed by atoms with Gasteiger partial charge in [-0.1, -0.05) is 27.6 Å². The summed E-state index contributed by atoms with van der Waals surface area (Å²) in [5.74, 6) is 0. The molecule has 0 bridgehead atoms. The molecule has 0 saturated heterocycles. The second-order valence-corrected chi connectivity index (χ2v) is 4.98. The third-order valence-corrected chi connectivity index (χ3v) is 3.61. The van der Waals surface area contributed by atoms with E-state index in [0.717, 1.165) is 0 Å². The van der Waals surface area contributed by atoms with Crippen molar-refractivity contribution in [2.75, 3.05) is 0 Å². The first kappa shape index (κ1) is 9.97. The van der Waals surface area contributed by atoms with Crippen LogP contribution < -0.4 is 0 Å². The average Bonchev–Trinajstić information content (AvgIpc) is 2.30. The molecule has 0 heterocycles. The number of hydrogen-bond acceptors (Lipinski definition) is 0. The molecule has 1 heteroatoms. The number of halogens is 1. The highest BCUT2D eigenvalue weighted by atomic mass is 79.9. The molecule has 2 rings (SSSR count). The Bertz CT molecular complexity index is 388. The SMILES string of the molecule is CC1=C(C)c2cc(Br)ccc2CCC1. The van der Waals surface area contributed by atoms with Gasteiger partial charge in [0.25, 0.3) is 0 Å². The van der Waals surface area contributed by atoms with E-state index in [-0.39, 0.29) is 0 Å². The van der Waals surface area contributed by atoms with Gasteiger partial charge >= 0.3 is 0 Å². The predicted octanol–water partition coefficient (Wildman–Crippen LogP) is 4.58. The molecule has 0 radical (unpaired) electrons. The molecule has 0 amide bonds. The van der Waals surface area contributed by atoms with Crippen molar-refractivity contribution in [2.24, 2.45) is 0 Å². The van der Waals surface area contributed by atoms with Crippen molar-refractivity contribution in [3.8, 4) is 0 Å². The Labute approximate surface area is 94.2 Å². The molecule has 0 N–H and O–H groups in total. The molecule has 1 aromatic carbocycles. The van der Waals surface area contributed by atoms with E-state index in [1.807, 2.05) is 0 Å². The first-order valence-corrected chi connectivity index (χ1v) is 5.93. The molecule has 1 aliphatic carbocycles. The standard InChI is InChI=1S/C13H15Br/c1-9-4-3-5-11-6-7-12(14)8-13(11)10(9)2/h6-8H,3-5H2,1-2H3. The lowest BCUT2D eigenvalue weighted by atomic mass is 9.99. The minimum Gasteiger partial charge on any atom is -0.0698 e. The van der Waals surface area contributed by atoms with Gasteiger partial charge in [-0.05, 0) is 61.9 Å². The Kier molecular flexibility index (Phi) is 2.78. The summed E-state index contributed by atoms with van der Waals surface area (Å²) in [6.45, 7) is 4.50. The van der Waals surface area contributed by atoms with Gasteiger partial charge in [0.1, 0.15) is 0 Å². The Morgan fingerprint density at radius 1 is 1.14 bits per heavy atom. The van der Waals surface area contributed by atoms with E-state index < -0.39 is 0 Å². The summed E-state index contributed by atoms with van der Waals surface area (Å²) >= 11 is 3.54. The maximum absolute atomic E-state index is 3.54. The van der Waals surface area contributed by atoms with E-state index in [0.29, 0.717) is 0 Å². The highest BCUT2D eigenvalue weighted by Gasteiger charge is 2.11. The third kappa shape index (κ3) is 1.78. The van der Waals surface area contributed by atoms with Crippen LogP contribution in [0.2, 0.25) is 0 Å². The zero-order valence-corrected chi connectivity index (χ0v) is 10.3. The molecule has 74 valence electrons. The van der Waals surface area contributed by atoms with E-state index >= 15 is 0 Å². The van der Waals surface area contributed by atoms with E-state index in [2.05, 4.69) is 48.0 Å². The molecule has 0 unspecified atom stereocenters. The summed E-state index contributed by atoms with van der Waals surface area (Å²) in [6.07, 6.45) is 3.76. The monoisotopic (exact) mass is 250 g/mol. The van der Waals surface area contributed by atoms with Gasteiger partial charge in [0.05, 0.1) is 0 Å². The number of fused-ring (bicyclic) bond motifs is 1. The largest absolute Gasteiger partial charge is 0.0698 e. The third-order valence-electron chi connectivity index (χ3n) is 3.11. The first-order valence-electron chi connectivity index (χ1n) is 5.13. The molecule has 0 nitrogen and oxygen atoms in total. The van der Waals surface area contributed by atoms with Gasteiger partial charge in [-0.15, -0.1) is 0 Å². The van der Waals surface area contributed by atoms with Gasteiger partial charge in [-0.2, -0.15) is 0 Å². The van der Waals surface area contributed by atoms with Crippen LogP contribution >= 0.6 is 15.9 Å². The smallest absolute Gasteiger partial charge is 0.0181 e. The highest BCUT2D eigenvalue weighted by Crippen LogP contribution is 2.31. The quantitative estimate of drug-likeness (QED) is 0.633. The van der Waals surface area contributed by atoms with Gasteiger partial charge in [-0.25, -0.2) is 0 Å². The predicted molar refractivity (Wildman–Crippen MR) is 65.3 cm³/mol. The molecule has 14 heavy (non-hydrogen) atoms. The molecular weight excluding hydrogens is 236 g/mol. The van der Waals surface area contributed by atoms with Crippen LogP contribution in [0.1, 0.15) is 37.8 Å². The summed E-state index contributed by atoms with van der Waals surface area (Å²) in [5, 5.41) is 0. The van der Waals surface area contributed by atoms with Crippen LogP contribution in [0, 0.1) is 0 Å². The lowest BCUT2D eigenvalue weighted by Crippen LogP contribution is -1.89. The van der Waals surface area contributed by atoms with E-state index in [4.69, 9.17) is 0 Å². The summed E-state index contributed by atoms with van der Waals surface area (Å²) in [7, 11) is 0. The fourth-order valence-electron chi connectivity index (χ4n) is 2.08. The highest BCUT2D eigenvalue weighted by molar-refractivity contribution is 9.10. The minimum absolute atomic E-state index is 1.19. The fourth-order valence-corrected chi connectivity index (χ4v) is 2.44. The lowest BCUT2D eigenvalue weighted by Gasteiger charge is -2.08. The topological polar surface area (TPSA) is 0 Å². The summed E-state index contributed by atoms with van der Waals surface area (Å²) < 4.78 is 1.19. The van der Waals surface area contributed by atoms with Gasteiger partial charge < -0.3 is 0 Å². The van der Waals surface area contributed by atoms with E-state index in [1.165, 1.54) is 40.4 Å². The molecule has 0 aliphatic heterocycles. The van der Waals surface area contributed by atoms with Crippen LogP contribution in [0.15, 0.2) is 28.2 Å². The van der Waals surface area contributed by atoms with Crippen molar-refractivity contribution in [1.29, 1.82) is 0 Å². The van der Waals surface area contributed by atoms with Gasteiger partial charge in [0, 0.05) is 4.47 Å². The maximum Gasteiger partial charge on any atom is 0.0181 e. The zero-order chi connectivity index (χ0) is 10.1. The van der Waals surface area contributed by atoms with Crippen molar-refractivity contribution in [1.82, 2.24) is 0 Å². The second-order valence-electron chi connectivity index (χ2n) is 4.06. The summed E-state index contributed by atoms with van der Waals surface area (Å²) in [6, 6.07) is 6.65. The Morgan fingerprint density at radius 3 is 2.71 bits per heavy atom. The van der Waals surface area contributed by atoms with Crippen LogP contribution in [-0.2, 0) is 6.42 Å². The van der Waals surface area contributed by atoms with Crippen molar-refractivity contribution in [3.63, 3.8) is 0 Å². The number of rotatable bonds is 0. The molecule has 1 aliphatic rings. The second kappa shape index (κ2) is 3.90. The first-order chi connectivity index (χ1) is 6.68. The number of aryl methyl sites for hydroxylation is 1. The van der Waals surface area contributed by atoms with Crippen molar-refractivity contribution < 1.29 is 0 Å². The van der Waals surface area contributed by atoms with Crippen molar-refractivity contribution in [2.45, 2.75) is 33.1 Å². The number of hydrogen-bond donors (Lipinski definition) is 0. The minimum atomic E-state index is 1.19. The summed E-state index contributed by atoms with van der Waals surface area (Å²) in [5.41, 5.74) is 5.96. The normalized spacial score (nSPS) is 16.5. The summed E-state index contributed by atoms with van der Waals surface area (Å²) in [4.78, 5) is 0. The number of benzene rings is 1.